The summed E-state index contributed by atoms with van der Waals surface area (Å²) < 4.78 is 6.00. The van der Waals surface area contributed by atoms with Crippen LogP contribution in [0.2, 0.25) is 0 Å². The molecule has 0 saturated carbocycles. The molecule has 9 nitrogen and oxygen atoms in total. The van der Waals surface area contributed by atoms with Crippen molar-refractivity contribution < 1.29 is 19.2 Å². The van der Waals surface area contributed by atoms with Crippen LogP contribution in [0.1, 0.15) is 25.1 Å². The van der Waals surface area contributed by atoms with Gasteiger partial charge in [-0.15, -0.1) is 0 Å². The van der Waals surface area contributed by atoms with Gasteiger partial charge in [0.25, 0.3) is 11.9 Å². The Morgan fingerprint density at radius 2 is 1.93 bits per heavy atom. The van der Waals surface area contributed by atoms with Gasteiger partial charge in [0.15, 0.2) is 0 Å². The number of para-hydroxylation sites is 1. The molecular weight excluding hydrogens is 376 g/mol. The molecule has 0 fully saturated rings. The third-order valence-electron chi connectivity index (χ3n) is 4.79. The molecule has 0 saturated heterocycles. The van der Waals surface area contributed by atoms with Crippen LogP contribution in [0.15, 0.2) is 71.6 Å². The second-order valence-electron chi connectivity index (χ2n) is 6.34. The summed E-state index contributed by atoms with van der Waals surface area (Å²) in [4.78, 5) is 42.8. The SMILES string of the molecule is CCC1=C(C(=O)n2ccnc2)C([N+](=O)[O-])C(C(=O)OC)=C(C)N1c1ccccc1. The fraction of sp³-hybridized carbons (Fsp3) is 0.250. The van der Waals surface area contributed by atoms with Gasteiger partial charge in [0.2, 0.25) is 0 Å². The minimum Gasteiger partial charge on any atom is -0.465 e. The van der Waals surface area contributed by atoms with Crippen LogP contribution in [0, 0.1) is 10.1 Å². The van der Waals surface area contributed by atoms with Gasteiger partial charge < -0.3 is 9.64 Å². The number of hydrogen-bond acceptors (Lipinski definition) is 7. The second kappa shape index (κ2) is 8.09. The molecule has 0 spiro atoms. The summed E-state index contributed by atoms with van der Waals surface area (Å²) in [5.41, 5.74) is 1.21. The second-order valence-corrected chi connectivity index (χ2v) is 6.34. The maximum Gasteiger partial charge on any atom is 0.342 e. The Labute approximate surface area is 167 Å². The Morgan fingerprint density at radius 3 is 2.45 bits per heavy atom. The van der Waals surface area contributed by atoms with Gasteiger partial charge in [0.05, 0.1) is 7.11 Å². The lowest BCUT2D eigenvalue weighted by molar-refractivity contribution is -0.500. The van der Waals surface area contributed by atoms with Crippen molar-refractivity contribution in [2.75, 3.05) is 12.0 Å². The van der Waals surface area contributed by atoms with E-state index < -0.39 is 22.8 Å². The fourth-order valence-electron chi connectivity index (χ4n) is 3.56. The van der Waals surface area contributed by atoms with Crippen molar-refractivity contribution in [3.05, 3.63) is 81.7 Å². The van der Waals surface area contributed by atoms with Crippen LogP contribution in [-0.2, 0) is 9.53 Å². The lowest BCUT2D eigenvalue weighted by Crippen LogP contribution is -2.43. The molecule has 9 heteroatoms. The number of methoxy groups -OCH3 is 1. The Hall–Kier alpha value is -3.75. The van der Waals surface area contributed by atoms with Gasteiger partial charge in [-0.2, -0.15) is 0 Å². The maximum atomic E-state index is 13.2. The minimum atomic E-state index is -1.65. The van der Waals surface area contributed by atoms with Crippen LogP contribution in [0.4, 0.5) is 5.69 Å². The van der Waals surface area contributed by atoms with Crippen molar-refractivity contribution >= 4 is 17.6 Å². The Kier molecular flexibility index (Phi) is 5.58. The topological polar surface area (TPSA) is 108 Å². The number of ether oxygens (including phenoxy) is 1. The smallest absolute Gasteiger partial charge is 0.342 e. The summed E-state index contributed by atoms with van der Waals surface area (Å²) in [5, 5.41) is 12.1. The molecule has 0 aliphatic carbocycles. The van der Waals surface area contributed by atoms with E-state index in [-0.39, 0.29) is 11.1 Å². The maximum absolute atomic E-state index is 13.2. The molecule has 150 valence electrons. The number of anilines is 1. The predicted molar refractivity (Wildman–Crippen MR) is 105 cm³/mol. The van der Waals surface area contributed by atoms with Crippen molar-refractivity contribution in [3.8, 4) is 0 Å². The van der Waals surface area contributed by atoms with Crippen LogP contribution < -0.4 is 4.90 Å². The molecule has 1 aliphatic heterocycles. The molecule has 29 heavy (non-hydrogen) atoms. The normalized spacial score (nSPS) is 16.8. The molecule has 0 amide bonds. The van der Waals surface area contributed by atoms with Gasteiger partial charge in [0.1, 0.15) is 17.5 Å². The zero-order valence-electron chi connectivity index (χ0n) is 16.2. The molecule has 1 unspecified atom stereocenters. The first-order valence-electron chi connectivity index (χ1n) is 8.95. The molecule has 1 aliphatic rings. The number of imidazole rings is 1. The van der Waals surface area contributed by atoms with Crippen molar-refractivity contribution in [3.63, 3.8) is 0 Å². The number of carbonyl (C=O) groups is 2. The molecule has 3 rings (SSSR count). The average molecular weight is 396 g/mol. The van der Waals surface area contributed by atoms with Gasteiger partial charge in [-0.3, -0.25) is 19.5 Å². The molecule has 1 atom stereocenters. The molecule has 2 heterocycles. The van der Waals surface area contributed by atoms with E-state index in [0.717, 1.165) is 7.11 Å². The predicted octanol–water partition coefficient (Wildman–Crippen LogP) is 2.80. The first-order valence-corrected chi connectivity index (χ1v) is 8.95. The van der Waals surface area contributed by atoms with Crippen LogP contribution in [0.25, 0.3) is 0 Å². The van der Waals surface area contributed by atoms with E-state index in [1.807, 2.05) is 18.2 Å². The molecule has 1 aromatic heterocycles. The number of rotatable bonds is 5. The van der Waals surface area contributed by atoms with Gasteiger partial charge in [-0.1, -0.05) is 25.1 Å². The number of hydrogen-bond donors (Lipinski definition) is 0. The first-order chi connectivity index (χ1) is 13.9. The molecule has 0 bridgehead atoms. The van der Waals surface area contributed by atoms with Crippen molar-refractivity contribution in [2.45, 2.75) is 26.3 Å². The highest BCUT2D eigenvalue weighted by atomic mass is 16.6. The van der Waals surface area contributed by atoms with Crippen molar-refractivity contribution in [1.82, 2.24) is 9.55 Å². The van der Waals surface area contributed by atoms with Gasteiger partial charge in [-0.25, -0.2) is 9.78 Å². The van der Waals surface area contributed by atoms with Gasteiger partial charge in [0, 0.05) is 34.4 Å². The number of benzene rings is 1. The summed E-state index contributed by atoms with van der Waals surface area (Å²) in [7, 11) is 1.16. The molecule has 0 radical (unpaired) electrons. The van der Waals surface area contributed by atoms with Gasteiger partial charge >= 0.3 is 5.97 Å². The number of allylic oxidation sites excluding steroid dienone is 2. The van der Waals surface area contributed by atoms with Crippen LogP contribution in [0.3, 0.4) is 0 Å². The Bertz CT molecular complexity index is 1010. The highest BCUT2D eigenvalue weighted by Gasteiger charge is 2.47. The summed E-state index contributed by atoms with van der Waals surface area (Å²) in [6.07, 6.45) is 4.43. The van der Waals surface area contributed by atoms with E-state index in [9.17, 15) is 19.7 Å². The summed E-state index contributed by atoms with van der Waals surface area (Å²) >= 11 is 0. The van der Waals surface area contributed by atoms with Crippen LogP contribution in [-0.4, -0.2) is 39.5 Å². The quantitative estimate of drug-likeness (QED) is 0.434. The first kappa shape index (κ1) is 20.0. The number of carbonyl (C=O) groups excluding carboxylic acids is 2. The third-order valence-corrected chi connectivity index (χ3v) is 4.79. The molecule has 1 aromatic carbocycles. The Morgan fingerprint density at radius 1 is 1.24 bits per heavy atom. The summed E-state index contributed by atoms with van der Waals surface area (Å²) in [6, 6.07) is 7.42. The summed E-state index contributed by atoms with van der Waals surface area (Å²) in [6.45, 7) is 3.42. The van der Waals surface area contributed by atoms with E-state index in [2.05, 4.69) is 4.98 Å². The summed E-state index contributed by atoms with van der Waals surface area (Å²) in [5.74, 6) is -1.47. The van der Waals surface area contributed by atoms with Crippen LogP contribution >= 0.6 is 0 Å². The number of nitro groups is 1. The molecular formula is C20H20N4O5. The number of nitrogens with zero attached hydrogens (tertiary/aromatic N) is 4. The lowest BCUT2D eigenvalue weighted by atomic mass is 9.89. The van der Waals surface area contributed by atoms with E-state index in [4.69, 9.17) is 4.74 Å². The largest absolute Gasteiger partial charge is 0.465 e. The molecule has 0 N–H and O–H groups in total. The lowest BCUT2D eigenvalue weighted by Gasteiger charge is -2.35. The number of aromatic nitrogens is 2. The van der Waals surface area contributed by atoms with Crippen molar-refractivity contribution in [2.24, 2.45) is 0 Å². The average Bonchev–Trinajstić information content (AvgIpc) is 3.27. The standard InChI is InChI=1S/C20H20N4O5/c1-4-15-17(19(25)22-11-10-21-12-22)18(24(27)28)16(20(26)29-3)13(2)23(15)14-8-6-5-7-9-14/h5-12,18H,4H2,1-3H3. The zero-order chi connectivity index (χ0) is 21.1. The van der Waals surface area contributed by atoms with E-state index in [1.165, 1.54) is 23.3 Å². The van der Waals surface area contributed by atoms with E-state index >= 15 is 0 Å². The van der Waals surface area contributed by atoms with Crippen LogP contribution in [0.5, 0.6) is 0 Å². The highest BCUT2D eigenvalue weighted by molar-refractivity contribution is 6.03. The Balaban J connectivity index is 2.34. The molecule has 2 aromatic rings. The van der Waals surface area contributed by atoms with Gasteiger partial charge in [-0.05, 0) is 25.5 Å². The highest BCUT2D eigenvalue weighted by Crippen LogP contribution is 2.38. The fourth-order valence-corrected chi connectivity index (χ4v) is 3.56. The number of esters is 1. The van der Waals surface area contributed by atoms with E-state index in [1.54, 1.807) is 30.9 Å². The minimum absolute atomic E-state index is 0.0923. The third kappa shape index (κ3) is 3.42. The zero-order valence-corrected chi connectivity index (χ0v) is 16.2. The monoisotopic (exact) mass is 396 g/mol. The van der Waals surface area contributed by atoms with Crippen molar-refractivity contribution in [1.29, 1.82) is 0 Å². The van der Waals surface area contributed by atoms with E-state index in [0.29, 0.717) is 23.5 Å².